The molecule has 4 rings (SSSR count). The predicted octanol–water partition coefficient (Wildman–Crippen LogP) is 3.47. The van der Waals surface area contributed by atoms with E-state index in [-0.39, 0.29) is 17.4 Å². The van der Waals surface area contributed by atoms with E-state index in [1.807, 2.05) is 19.1 Å². The summed E-state index contributed by atoms with van der Waals surface area (Å²) in [6.45, 7) is 3.94. The van der Waals surface area contributed by atoms with E-state index in [1.165, 1.54) is 18.2 Å². The van der Waals surface area contributed by atoms with Gasteiger partial charge in [0.05, 0.1) is 22.8 Å². The van der Waals surface area contributed by atoms with Crippen LogP contribution in [-0.4, -0.2) is 57.0 Å². The molecule has 1 aliphatic rings. The first-order valence-electron chi connectivity index (χ1n) is 10.2. The molecule has 0 amide bonds. The minimum absolute atomic E-state index is 0.129. The number of hydrogen-bond donors (Lipinski definition) is 1. The molecule has 1 atom stereocenters. The van der Waals surface area contributed by atoms with Crippen molar-refractivity contribution in [2.75, 3.05) is 25.0 Å². The van der Waals surface area contributed by atoms with E-state index in [4.69, 9.17) is 5.26 Å². The summed E-state index contributed by atoms with van der Waals surface area (Å²) in [4.78, 5) is 2.37. The fourth-order valence-corrected chi connectivity index (χ4v) is 3.93. The lowest BCUT2D eigenvalue weighted by molar-refractivity contribution is -0.0494. The average Bonchev–Trinajstić information content (AvgIpc) is 3.16. The number of aryl methyl sites for hydroxylation is 1. The van der Waals surface area contributed by atoms with E-state index in [2.05, 4.69) is 37.2 Å². The molecule has 1 aromatic carbocycles. The fourth-order valence-electron chi connectivity index (χ4n) is 3.93. The number of benzene rings is 1. The topological polar surface area (TPSA) is 91.4 Å². The summed E-state index contributed by atoms with van der Waals surface area (Å²) >= 11 is 0. The van der Waals surface area contributed by atoms with Crippen LogP contribution in [0.4, 0.5) is 14.7 Å². The lowest BCUT2D eigenvalue weighted by Crippen LogP contribution is -2.42. The Morgan fingerprint density at radius 1 is 1.32 bits per heavy atom. The number of likely N-dealkylation sites (tertiary alicyclic amines) is 1. The molecule has 162 valence electrons. The Morgan fingerprint density at radius 2 is 2.16 bits per heavy atom. The summed E-state index contributed by atoms with van der Waals surface area (Å²) < 4.78 is 32.3. The third-order valence-corrected chi connectivity index (χ3v) is 5.39. The molecule has 8 nitrogen and oxygen atoms in total. The Hall–Kier alpha value is -3.32. The van der Waals surface area contributed by atoms with Crippen molar-refractivity contribution in [2.24, 2.45) is 0 Å². The van der Waals surface area contributed by atoms with E-state index >= 15 is 0 Å². The lowest BCUT2D eigenvalue weighted by atomic mass is 10.1. The van der Waals surface area contributed by atoms with Crippen LogP contribution in [0.15, 0.2) is 24.3 Å². The standard InChI is InChI=1S/C21H23F2N7O/c1-3-29-8-4-5-15(12-29)25-21-27-26-19(17-9-13(2)28-30(17)21)16-7-6-14(11-24)10-18(16)31-20(22)23/h6-7,9-10,15,20H,3-5,8,12H2,1-2H3,(H,25,27). The molecular weight excluding hydrogens is 404 g/mol. The zero-order valence-electron chi connectivity index (χ0n) is 17.3. The van der Waals surface area contributed by atoms with Crippen LogP contribution in [0.25, 0.3) is 16.8 Å². The van der Waals surface area contributed by atoms with Crippen LogP contribution in [0.5, 0.6) is 5.75 Å². The second-order valence-corrected chi connectivity index (χ2v) is 7.53. The molecular formula is C21H23F2N7O. The van der Waals surface area contributed by atoms with Crippen LogP contribution in [0.3, 0.4) is 0 Å². The van der Waals surface area contributed by atoms with Crippen LogP contribution >= 0.6 is 0 Å². The number of ether oxygens (including phenoxy) is 1. The minimum Gasteiger partial charge on any atom is -0.434 e. The van der Waals surface area contributed by atoms with E-state index < -0.39 is 6.61 Å². The molecule has 1 fully saturated rings. The molecule has 3 aromatic rings. The van der Waals surface area contributed by atoms with Crippen molar-refractivity contribution in [2.45, 2.75) is 39.3 Å². The molecule has 2 aromatic heterocycles. The quantitative estimate of drug-likeness (QED) is 0.644. The van der Waals surface area contributed by atoms with Gasteiger partial charge in [-0.25, -0.2) is 0 Å². The SMILES string of the molecule is CCN1CCCC(Nc2nnc(-c3ccc(C#N)cc3OC(F)F)c3cc(C)nn23)C1. The van der Waals surface area contributed by atoms with E-state index in [0.717, 1.165) is 38.2 Å². The number of hydrogen-bond acceptors (Lipinski definition) is 7. The van der Waals surface area contributed by atoms with Crippen LogP contribution in [0.1, 0.15) is 31.0 Å². The number of nitrogens with zero attached hydrogens (tertiary/aromatic N) is 6. The molecule has 31 heavy (non-hydrogen) atoms. The Morgan fingerprint density at radius 3 is 2.90 bits per heavy atom. The number of aromatic nitrogens is 4. The van der Waals surface area contributed by atoms with Gasteiger partial charge in [0.2, 0.25) is 5.95 Å². The molecule has 0 saturated carbocycles. The van der Waals surface area contributed by atoms with Gasteiger partial charge < -0.3 is 15.0 Å². The van der Waals surface area contributed by atoms with Crippen molar-refractivity contribution in [1.29, 1.82) is 5.26 Å². The van der Waals surface area contributed by atoms with Gasteiger partial charge in [-0.15, -0.1) is 10.2 Å². The van der Waals surface area contributed by atoms with E-state index in [0.29, 0.717) is 22.7 Å². The highest BCUT2D eigenvalue weighted by molar-refractivity contribution is 5.81. The molecule has 1 unspecified atom stereocenters. The zero-order chi connectivity index (χ0) is 22.0. The monoisotopic (exact) mass is 427 g/mol. The lowest BCUT2D eigenvalue weighted by Gasteiger charge is -2.32. The molecule has 0 radical (unpaired) electrons. The van der Waals surface area contributed by atoms with Crippen LogP contribution in [0, 0.1) is 18.3 Å². The Labute approximate surface area is 178 Å². The first kappa shape index (κ1) is 20.9. The maximum atomic E-state index is 13.0. The van der Waals surface area contributed by atoms with Crippen molar-refractivity contribution in [3.05, 3.63) is 35.5 Å². The zero-order valence-corrected chi connectivity index (χ0v) is 17.3. The number of nitrogens with one attached hydrogen (secondary N) is 1. The maximum Gasteiger partial charge on any atom is 0.387 e. The second-order valence-electron chi connectivity index (χ2n) is 7.53. The summed E-state index contributed by atoms with van der Waals surface area (Å²) in [5.74, 6) is 0.371. The van der Waals surface area contributed by atoms with Crippen molar-refractivity contribution in [3.63, 3.8) is 0 Å². The first-order chi connectivity index (χ1) is 15.0. The fraction of sp³-hybridized carbons (Fsp3) is 0.429. The molecule has 10 heteroatoms. The number of nitriles is 1. The largest absolute Gasteiger partial charge is 0.434 e. The average molecular weight is 427 g/mol. The smallest absolute Gasteiger partial charge is 0.387 e. The highest BCUT2D eigenvalue weighted by atomic mass is 19.3. The molecule has 1 aliphatic heterocycles. The second kappa shape index (κ2) is 8.81. The van der Waals surface area contributed by atoms with Gasteiger partial charge in [0.1, 0.15) is 11.4 Å². The molecule has 1 saturated heterocycles. The normalized spacial score (nSPS) is 17.1. The van der Waals surface area contributed by atoms with Crippen molar-refractivity contribution in [3.8, 4) is 23.1 Å². The van der Waals surface area contributed by atoms with E-state index in [9.17, 15) is 8.78 Å². The van der Waals surface area contributed by atoms with Gasteiger partial charge in [-0.1, -0.05) is 6.92 Å². The van der Waals surface area contributed by atoms with Crippen LogP contribution < -0.4 is 10.1 Å². The van der Waals surface area contributed by atoms with Gasteiger partial charge in [-0.05, 0) is 57.1 Å². The van der Waals surface area contributed by atoms with Gasteiger partial charge in [0.25, 0.3) is 0 Å². The van der Waals surface area contributed by atoms with Crippen molar-refractivity contribution >= 4 is 11.5 Å². The number of anilines is 1. The number of alkyl halides is 2. The van der Waals surface area contributed by atoms with Crippen LogP contribution in [-0.2, 0) is 0 Å². The van der Waals surface area contributed by atoms with Gasteiger partial charge >= 0.3 is 6.61 Å². The molecule has 3 heterocycles. The summed E-state index contributed by atoms with van der Waals surface area (Å²) in [5, 5.41) is 25.7. The van der Waals surface area contributed by atoms with Gasteiger partial charge in [-0.2, -0.15) is 23.7 Å². The summed E-state index contributed by atoms with van der Waals surface area (Å²) in [5.41, 5.74) is 2.23. The molecule has 1 N–H and O–H groups in total. The van der Waals surface area contributed by atoms with Crippen molar-refractivity contribution in [1.82, 2.24) is 24.7 Å². The third kappa shape index (κ3) is 4.41. The molecule has 0 aliphatic carbocycles. The van der Waals surface area contributed by atoms with Gasteiger partial charge in [0.15, 0.2) is 0 Å². The Balaban J connectivity index is 1.75. The highest BCUT2D eigenvalue weighted by Crippen LogP contribution is 2.34. The Kier molecular flexibility index (Phi) is 5.95. The number of rotatable bonds is 6. The predicted molar refractivity (Wildman–Crippen MR) is 111 cm³/mol. The first-order valence-corrected chi connectivity index (χ1v) is 10.2. The number of fused-ring (bicyclic) bond motifs is 1. The number of halogens is 2. The highest BCUT2D eigenvalue weighted by Gasteiger charge is 2.23. The summed E-state index contributed by atoms with van der Waals surface area (Å²) in [7, 11) is 0. The minimum atomic E-state index is -3.03. The third-order valence-electron chi connectivity index (χ3n) is 5.39. The Bertz CT molecular complexity index is 1120. The summed E-state index contributed by atoms with van der Waals surface area (Å²) in [6, 6.07) is 8.31. The number of likely N-dealkylation sites (N-methyl/N-ethyl adjacent to an activating group) is 1. The van der Waals surface area contributed by atoms with Crippen LogP contribution in [0.2, 0.25) is 0 Å². The van der Waals surface area contributed by atoms with Gasteiger partial charge in [-0.3, -0.25) is 0 Å². The maximum absolute atomic E-state index is 13.0. The molecule has 0 spiro atoms. The van der Waals surface area contributed by atoms with E-state index in [1.54, 1.807) is 4.52 Å². The summed E-state index contributed by atoms with van der Waals surface area (Å²) in [6.07, 6.45) is 2.11. The van der Waals surface area contributed by atoms with Crippen molar-refractivity contribution < 1.29 is 13.5 Å². The molecule has 0 bridgehead atoms. The number of piperidine rings is 1. The van der Waals surface area contributed by atoms with Gasteiger partial charge in [0, 0.05) is 18.2 Å².